The van der Waals surface area contributed by atoms with Gasteiger partial charge in [0.15, 0.2) is 0 Å². The van der Waals surface area contributed by atoms with Crippen LogP contribution >= 0.6 is 0 Å². The summed E-state index contributed by atoms with van der Waals surface area (Å²) in [5, 5.41) is 4.39. The summed E-state index contributed by atoms with van der Waals surface area (Å²) >= 11 is 0. The van der Waals surface area contributed by atoms with E-state index in [4.69, 9.17) is 5.73 Å². The first-order valence-electron chi connectivity index (χ1n) is 6.11. The van der Waals surface area contributed by atoms with Gasteiger partial charge in [-0.25, -0.2) is 0 Å². The SMILES string of the molecule is Cc1cccc(Cn2ncc(N)c2C2CC2)c1. The van der Waals surface area contributed by atoms with Gasteiger partial charge in [0.05, 0.1) is 24.1 Å². The molecule has 0 atom stereocenters. The van der Waals surface area contributed by atoms with Crippen LogP contribution in [-0.2, 0) is 6.54 Å². The highest BCUT2D eigenvalue weighted by atomic mass is 15.3. The average Bonchev–Trinajstić information content (AvgIpc) is 3.05. The van der Waals surface area contributed by atoms with Crippen LogP contribution in [0.3, 0.4) is 0 Å². The largest absolute Gasteiger partial charge is 0.396 e. The summed E-state index contributed by atoms with van der Waals surface area (Å²) in [5.41, 5.74) is 10.6. The molecule has 3 nitrogen and oxygen atoms in total. The molecule has 17 heavy (non-hydrogen) atoms. The van der Waals surface area contributed by atoms with Gasteiger partial charge in [0.25, 0.3) is 0 Å². The monoisotopic (exact) mass is 227 g/mol. The number of nitrogen functional groups attached to an aromatic ring is 1. The van der Waals surface area contributed by atoms with Crippen molar-refractivity contribution in [3.63, 3.8) is 0 Å². The van der Waals surface area contributed by atoms with Crippen LogP contribution in [0.25, 0.3) is 0 Å². The summed E-state index contributed by atoms with van der Waals surface area (Å²) in [6.45, 7) is 2.94. The number of benzene rings is 1. The van der Waals surface area contributed by atoms with Gasteiger partial charge in [-0.3, -0.25) is 4.68 Å². The van der Waals surface area contributed by atoms with Gasteiger partial charge in [-0.1, -0.05) is 29.8 Å². The summed E-state index contributed by atoms with van der Waals surface area (Å²) in [7, 11) is 0. The lowest BCUT2D eigenvalue weighted by Crippen LogP contribution is -2.06. The van der Waals surface area contributed by atoms with E-state index in [-0.39, 0.29) is 0 Å². The number of aromatic nitrogens is 2. The van der Waals surface area contributed by atoms with Gasteiger partial charge < -0.3 is 5.73 Å². The molecule has 0 radical (unpaired) electrons. The molecule has 1 heterocycles. The lowest BCUT2D eigenvalue weighted by Gasteiger charge is -2.08. The number of nitrogens with two attached hydrogens (primary N) is 1. The molecule has 0 unspecified atom stereocenters. The highest BCUT2D eigenvalue weighted by molar-refractivity contribution is 5.45. The van der Waals surface area contributed by atoms with Crippen molar-refractivity contribution < 1.29 is 0 Å². The Morgan fingerprint density at radius 1 is 1.41 bits per heavy atom. The summed E-state index contributed by atoms with van der Waals surface area (Å²) in [4.78, 5) is 0. The van der Waals surface area contributed by atoms with Gasteiger partial charge in [0.2, 0.25) is 0 Å². The van der Waals surface area contributed by atoms with Crippen molar-refractivity contribution in [3.05, 3.63) is 47.3 Å². The molecule has 0 spiro atoms. The minimum Gasteiger partial charge on any atom is -0.396 e. The third kappa shape index (κ3) is 2.05. The molecule has 88 valence electrons. The maximum Gasteiger partial charge on any atom is 0.0736 e. The van der Waals surface area contributed by atoms with E-state index in [1.165, 1.54) is 29.7 Å². The van der Waals surface area contributed by atoms with E-state index in [0.29, 0.717) is 5.92 Å². The lowest BCUT2D eigenvalue weighted by molar-refractivity contribution is 0.647. The van der Waals surface area contributed by atoms with Gasteiger partial charge in [0, 0.05) is 5.92 Å². The van der Waals surface area contributed by atoms with Crippen LogP contribution in [0.5, 0.6) is 0 Å². The Balaban J connectivity index is 1.90. The Labute approximate surface area is 101 Å². The minimum atomic E-state index is 0.641. The standard InChI is InChI=1S/C14H17N3/c1-10-3-2-4-11(7-10)9-17-14(12-5-6-12)13(15)8-16-17/h2-4,7-8,12H,5-6,9,15H2,1H3. The quantitative estimate of drug-likeness (QED) is 0.876. The second kappa shape index (κ2) is 3.91. The van der Waals surface area contributed by atoms with E-state index in [9.17, 15) is 0 Å². The van der Waals surface area contributed by atoms with Crippen LogP contribution in [0.1, 0.15) is 35.6 Å². The molecular weight excluding hydrogens is 210 g/mol. The summed E-state index contributed by atoms with van der Waals surface area (Å²) in [5.74, 6) is 0.641. The van der Waals surface area contributed by atoms with E-state index in [0.717, 1.165) is 12.2 Å². The molecule has 0 bridgehead atoms. The molecule has 1 aliphatic carbocycles. The lowest BCUT2D eigenvalue weighted by atomic mass is 10.1. The van der Waals surface area contributed by atoms with E-state index >= 15 is 0 Å². The van der Waals surface area contributed by atoms with Gasteiger partial charge in [-0.05, 0) is 25.3 Å². The van der Waals surface area contributed by atoms with Crippen molar-refractivity contribution in [2.24, 2.45) is 0 Å². The Morgan fingerprint density at radius 3 is 2.94 bits per heavy atom. The first-order valence-corrected chi connectivity index (χ1v) is 6.11. The molecular formula is C14H17N3. The van der Waals surface area contributed by atoms with E-state index in [1.807, 2.05) is 0 Å². The van der Waals surface area contributed by atoms with Gasteiger partial charge >= 0.3 is 0 Å². The Bertz CT molecular complexity index is 538. The molecule has 3 rings (SSSR count). The maximum absolute atomic E-state index is 5.98. The first kappa shape index (κ1) is 10.4. The predicted molar refractivity (Wildman–Crippen MR) is 68.9 cm³/mol. The summed E-state index contributed by atoms with van der Waals surface area (Å²) in [6.07, 6.45) is 4.29. The van der Waals surface area contributed by atoms with Crippen LogP contribution in [-0.4, -0.2) is 9.78 Å². The topological polar surface area (TPSA) is 43.8 Å². The van der Waals surface area contributed by atoms with Crippen LogP contribution in [0.15, 0.2) is 30.5 Å². The smallest absolute Gasteiger partial charge is 0.0736 e. The zero-order valence-electron chi connectivity index (χ0n) is 10.1. The molecule has 2 N–H and O–H groups in total. The number of aryl methyl sites for hydroxylation is 1. The van der Waals surface area contributed by atoms with Crippen LogP contribution in [0.2, 0.25) is 0 Å². The third-order valence-corrected chi connectivity index (χ3v) is 3.29. The van der Waals surface area contributed by atoms with E-state index in [2.05, 4.69) is 41.0 Å². The van der Waals surface area contributed by atoms with E-state index in [1.54, 1.807) is 6.20 Å². The number of hydrogen-bond acceptors (Lipinski definition) is 2. The van der Waals surface area contributed by atoms with Gasteiger partial charge in [-0.2, -0.15) is 5.10 Å². The minimum absolute atomic E-state index is 0.641. The molecule has 3 heteroatoms. The van der Waals surface area contributed by atoms with Gasteiger partial charge in [0.1, 0.15) is 0 Å². The zero-order chi connectivity index (χ0) is 11.8. The molecule has 1 saturated carbocycles. The molecule has 0 amide bonds. The number of nitrogens with zero attached hydrogens (tertiary/aromatic N) is 2. The third-order valence-electron chi connectivity index (χ3n) is 3.29. The summed E-state index contributed by atoms with van der Waals surface area (Å²) < 4.78 is 2.06. The maximum atomic E-state index is 5.98. The molecule has 0 saturated heterocycles. The van der Waals surface area contributed by atoms with Crippen LogP contribution in [0.4, 0.5) is 5.69 Å². The van der Waals surface area contributed by atoms with E-state index < -0.39 is 0 Å². The number of hydrogen-bond donors (Lipinski definition) is 1. The fraction of sp³-hybridized carbons (Fsp3) is 0.357. The Kier molecular flexibility index (Phi) is 2.39. The second-order valence-electron chi connectivity index (χ2n) is 4.91. The Morgan fingerprint density at radius 2 is 2.24 bits per heavy atom. The van der Waals surface area contributed by atoms with Gasteiger partial charge in [-0.15, -0.1) is 0 Å². The Hall–Kier alpha value is -1.77. The van der Waals surface area contributed by atoms with Crippen LogP contribution < -0.4 is 5.73 Å². The normalized spacial score (nSPS) is 15.1. The fourth-order valence-corrected chi connectivity index (χ4v) is 2.32. The average molecular weight is 227 g/mol. The molecule has 0 aliphatic heterocycles. The fourth-order valence-electron chi connectivity index (χ4n) is 2.32. The molecule has 1 fully saturated rings. The first-order chi connectivity index (χ1) is 8.24. The highest BCUT2D eigenvalue weighted by Crippen LogP contribution is 2.42. The van der Waals surface area contributed by atoms with Crippen molar-refractivity contribution in [2.45, 2.75) is 32.2 Å². The highest BCUT2D eigenvalue weighted by Gasteiger charge is 2.29. The number of anilines is 1. The molecule has 1 aromatic heterocycles. The molecule has 1 aromatic carbocycles. The van der Waals surface area contributed by atoms with Crippen molar-refractivity contribution in [3.8, 4) is 0 Å². The zero-order valence-corrected chi connectivity index (χ0v) is 10.1. The molecule has 1 aliphatic rings. The van der Waals surface area contributed by atoms with Crippen molar-refractivity contribution in [1.82, 2.24) is 9.78 Å². The number of rotatable bonds is 3. The second-order valence-corrected chi connectivity index (χ2v) is 4.91. The molecule has 2 aromatic rings. The van der Waals surface area contributed by atoms with Crippen molar-refractivity contribution in [1.29, 1.82) is 0 Å². The predicted octanol–water partition coefficient (Wildman–Crippen LogP) is 2.70. The van der Waals surface area contributed by atoms with Crippen molar-refractivity contribution >= 4 is 5.69 Å². The summed E-state index contributed by atoms with van der Waals surface area (Å²) in [6, 6.07) is 8.55. The van der Waals surface area contributed by atoms with Crippen LogP contribution in [0, 0.1) is 6.92 Å². The van der Waals surface area contributed by atoms with Crippen molar-refractivity contribution in [2.75, 3.05) is 5.73 Å².